The second-order valence-corrected chi connectivity index (χ2v) is 5.91. The standard InChI is InChI=1S/C18H17N3O5/c1-12-10-16(22)19-14-4-2-3-5-15(14)21(12)17(23)11-26-18(24)13-6-8-20(25)9-7-13/h2-9,12H,10-11H2,1H3,(H,19,22)/t12-/m1/s1. The number of carbonyl (C=O) groups excluding carboxylic acids is 3. The number of hydrogen-bond donors (Lipinski definition) is 1. The molecule has 1 aliphatic heterocycles. The molecular weight excluding hydrogens is 338 g/mol. The van der Waals surface area contributed by atoms with E-state index in [4.69, 9.17) is 4.74 Å². The highest BCUT2D eigenvalue weighted by atomic mass is 16.5. The average Bonchev–Trinajstić information content (AvgIpc) is 2.74. The number of hydrogen-bond acceptors (Lipinski definition) is 5. The SMILES string of the molecule is C[C@@H]1CC(=O)Nc2ccccc2N1C(=O)COC(=O)c1cc[n+]([O-])cc1. The highest BCUT2D eigenvalue weighted by Crippen LogP contribution is 2.31. The molecule has 0 fully saturated rings. The van der Waals surface area contributed by atoms with Crippen LogP contribution in [0.25, 0.3) is 0 Å². The molecule has 26 heavy (non-hydrogen) atoms. The zero-order chi connectivity index (χ0) is 18.7. The molecule has 2 amide bonds. The van der Waals surface area contributed by atoms with E-state index in [2.05, 4.69) is 5.32 Å². The molecule has 134 valence electrons. The second-order valence-electron chi connectivity index (χ2n) is 5.91. The number of carbonyl (C=O) groups is 3. The maximum absolute atomic E-state index is 12.7. The largest absolute Gasteiger partial charge is 0.619 e. The minimum absolute atomic E-state index is 0.135. The van der Waals surface area contributed by atoms with E-state index in [0.29, 0.717) is 16.1 Å². The summed E-state index contributed by atoms with van der Waals surface area (Å²) in [5, 5.41) is 13.8. The van der Waals surface area contributed by atoms with E-state index >= 15 is 0 Å². The van der Waals surface area contributed by atoms with Gasteiger partial charge in [0.1, 0.15) is 0 Å². The number of nitrogens with zero attached hydrogens (tertiary/aromatic N) is 2. The number of fused-ring (bicyclic) bond motifs is 1. The lowest BCUT2D eigenvalue weighted by atomic mass is 10.1. The van der Waals surface area contributed by atoms with Crippen LogP contribution in [0.2, 0.25) is 0 Å². The first-order valence-corrected chi connectivity index (χ1v) is 8.02. The Kier molecular flexibility index (Phi) is 4.83. The van der Waals surface area contributed by atoms with Crippen molar-refractivity contribution >= 4 is 29.2 Å². The van der Waals surface area contributed by atoms with E-state index in [-0.39, 0.29) is 23.9 Å². The highest BCUT2D eigenvalue weighted by Gasteiger charge is 2.30. The Bertz CT molecular complexity index is 850. The number of rotatable bonds is 3. The van der Waals surface area contributed by atoms with Crippen molar-refractivity contribution in [3.8, 4) is 0 Å². The van der Waals surface area contributed by atoms with Crippen molar-refractivity contribution in [1.82, 2.24) is 0 Å². The molecule has 0 unspecified atom stereocenters. The molecule has 0 saturated carbocycles. The zero-order valence-electron chi connectivity index (χ0n) is 14.0. The van der Waals surface area contributed by atoms with Crippen LogP contribution in [0.1, 0.15) is 23.7 Å². The fourth-order valence-corrected chi connectivity index (χ4v) is 2.80. The Balaban J connectivity index is 1.75. The summed E-state index contributed by atoms with van der Waals surface area (Å²) in [5.74, 6) is -1.33. The van der Waals surface area contributed by atoms with Gasteiger partial charge in [-0.3, -0.25) is 9.59 Å². The van der Waals surface area contributed by atoms with E-state index in [0.717, 1.165) is 0 Å². The zero-order valence-corrected chi connectivity index (χ0v) is 14.0. The molecular formula is C18H17N3O5. The van der Waals surface area contributed by atoms with Crippen LogP contribution in [0, 0.1) is 5.21 Å². The number of amides is 2. The minimum Gasteiger partial charge on any atom is -0.619 e. The van der Waals surface area contributed by atoms with Crippen LogP contribution in [0.4, 0.5) is 11.4 Å². The van der Waals surface area contributed by atoms with E-state index < -0.39 is 18.5 Å². The monoisotopic (exact) mass is 355 g/mol. The first kappa shape index (κ1) is 17.4. The van der Waals surface area contributed by atoms with Crippen molar-refractivity contribution in [2.45, 2.75) is 19.4 Å². The molecule has 1 atom stereocenters. The van der Waals surface area contributed by atoms with Crippen LogP contribution in [-0.2, 0) is 14.3 Å². The molecule has 0 aliphatic carbocycles. The molecule has 3 rings (SSSR count). The summed E-state index contributed by atoms with van der Waals surface area (Å²) in [6.45, 7) is 1.28. The van der Waals surface area contributed by atoms with Crippen molar-refractivity contribution in [2.75, 3.05) is 16.8 Å². The fraction of sp³-hybridized carbons (Fsp3) is 0.222. The fourth-order valence-electron chi connectivity index (χ4n) is 2.80. The van der Waals surface area contributed by atoms with Gasteiger partial charge in [-0.15, -0.1) is 0 Å². The summed E-state index contributed by atoms with van der Waals surface area (Å²) in [6.07, 6.45) is 2.47. The molecule has 1 aliphatic rings. The maximum atomic E-state index is 12.7. The number of aromatic nitrogens is 1. The number of esters is 1. The third-order valence-corrected chi connectivity index (χ3v) is 3.99. The van der Waals surface area contributed by atoms with Gasteiger partial charge in [-0.1, -0.05) is 12.1 Å². The summed E-state index contributed by atoms with van der Waals surface area (Å²) in [4.78, 5) is 38.1. The lowest BCUT2D eigenvalue weighted by Gasteiger charge is -2.27. The lowest BCUT2D eigenvalue weighted by molar-refractivity contribution is -0.605. The van der Waals surface area contributed by atoms with Gasteiger partial charge in [0.2, 0.25) is 5.91 Å². The Hall–Kier alpha value is -3.42. The Morgan fingerprint density at radius 2 is 1.96 bits per heavy atom. The van der Waals surface area contributed by atoms with Crippen molar-refractivity contribution in [3.63, 3.8) is 0 Å². The van der Waals surface area contributed by atoms with Crippen LogP contribution in [-0.4, -0.2) is 30.4 Å². The Morgan fingerprint density at radius 1 is 1.27 bits per heavy atom. The molecule has 1 aromatic carbocycles. The average molecular weight is 355 g/mol. The van der Waals surface area contributed by atoms with Gasteiger partial charge in [0.15, 0.2) is 19.0 Å². The summed E-state index contributed by atoms with van der Waals surface area (Å²) in [5.41, 5.74) is 1.26. The number of benzene rings is 1. The topological polar surface area (TPSA) is 103 Å². The third kappa shape index (κ3) is 3.64. The summed E-state index contributed by atoms with van der Waals surface area (Å²) >= 11 is 0. The van der Waals surface area contributed by atoms with Crippen LogP contribution >= 0.6 is 0 Å². The summed E-state index contributed by atoms with van der Waals surface area (Å²) in [7, 11) is 0. The van der Waals surface area contributed by atoms with Crippen molar-refractivity contribution in [1.29, 1.82) is 0 Å². The van der Waals surface area contributed by atoms with E-state index in [1.807, 2.05) is 0 Å². The molecule has 0 spiro atoms. The van der Waals surface area contributed by atoms with Gasteiger partial charge in [0, 0.05) is 24.6 Å². The van der Waals surface area contributed by atoms with Gasteiger partial charge in [0.05, 0.1) is 16.9 Å². The predicted molar refractivity (Wildman–Crippen MR) is 92.3 cm³/mol. The predicted octanol–water partition coefficient (Wildman–Crippen LogP) is 1.24. The second kappa shape index (κ2) is 7.22. The van der Waals surface area contributed by atoms with Crippen molar-refractivity contribution in [3.05, 3.63) is 59.6 Å². The number of para-hydroxylation sites is 2. The maximum Gasteiger partial charge on any atom is 0.339 e. The molecule has 0 radical (unpaired) electrons. The normalized spacial score (nSPS) is 16.3. The third-order valence-electron chi connectivity index (χ3n) is 3.99. The van der Waals surface area contributed by atoms with Gasteiger partial charge < -0.3 is 20.2 Å². The molecule has 8 nitrogen and oxygen atoms in total. The highest BCUT2D eigenvalue weighted by molar-refractivity contribution is 6.05. The minimum atomic E-state index is -0.705. The Morgan fingerprint density at radius 3 is 2.69 bits per heavy atom. The molecule has 2 heterocycles. The summed E-state index contributed by atoms with van der Waals surface area (Å²) < 4.78 is 5.61. The number of nitrogens with one attached hydrogen (secondary N) is 1. The molecule has 0 saturated heterocycles. The molecule has 2 aromatic rings. The lowest BCUT2D eigenvalue weighted by Crippen LogP contribution is -2.41. The quantitative estimate of drug-likeness (QED) is 0.507. The van der Waals surface area contributed by atoms with Gasteiger partial charge in [0.25, 0.3) is 5.91 Å². The first-order valence-electron chi connectivity index (χ1n) is 8.02. The number of anilines is 2. The molecule has 0 bridgehead atoms. The smallest absolute Gasteiger partial charge is 0.339 e. The number of ether oxygens (including phenoxy) is 1. The van der Waals surface area contributed by atoms with Crippen LogP contribution in [0.15, 0.2) is 48.8 Å². The van der Waals surface area contributed by atoms with E-state index in [1.54, 1.807) is 31.2 Å². The molecule has 1 aromatic heterocycles. The first-order chi connectivity index (χ1) is 12.5. The van der Waals surface area contributed by atoms with Gasteiger partial charge in [-0.05, 0) is 19.1 Å². The van der Waals surface area contributed by atoms with Crippen LogP contribution in [0.3, 0.4) is 0 Å². The van der Waals surface area contributed by atoms with E-state index in [9.17, 15) is 19.6 Å². The molecule has 8 heteroatoms. The van der Waals surface area contributed by atoms with Crippen LogP contribution in [0.5, 0.6) is 0 Å². The molecule has 1 N–H and O–H groups in total. The van der Waals surface area contributed by atoms with Gasteiger partial charge in [-0.25, -0.2) is 4.79 Å². The van der Waals surface area contributed by atoms with Gasteiger partial charge >= 0.3 is 5.97 Å². The van der Waals surface area contributed by atoms with Gasteiger partial charge in [-0.2, -0.15) is 4.73 Å². The summed E-state index contributed by atoms with van der Waals surface area (Å²) in [6, 6.07) is 9.19. The van der Waals surface area contributed by atoms with Crippen LogP contribution < -0.4 is 14.9 Å². The number of pyridine rings is 1. The Labute approximate surface area is 149 Å². The van der Waals surface area contributed by atoms with Crippen molar-refractivity contribution in [2.24, 2.45) is 0 Å². The van der Waals surface area contributed by atoms with Crippen molar-refractivity contribution < 1.29 is 23.9 Å². The van der Waals surface area contributed by atoms with E-state index in [1.165, 1.54) is 29.4 Å².